The zero-order valence-corrected chi connectivity index (χ0v) is 13.9. The molecule has 0 saturated heterocycles. The lowest BCUT2D eigenvalue weighted by Crippen LogP contribution is -2.37. The van der Waals surface area contributed by atoms with Crippen LogP contribution >= 0.6 is 11.3 Å². The van der Waals surface area contributed by atoms with E-state index in [-0.39, 0.29) is 12.6 Å². The van der Waals surface area contributed by atoms with Gasteiger partial charge in [0.1, 0.15) is 0 Å². The fraction of sp³-hybridized carbons (Fsp3) is 0.353. The molecule has 1 unspecified atom stereocenters. The highest BCUT2D eigenvalue weighted by Gasteiger charge is 2.18. The molecular formula is C17H21N3O2S. The minimum atomic E-state index is -0.696. The summed E-state index contributed by atoms with van der Waals surface area (Å²) < 4.78 is 0. The average Bonchev–Trinajstić information content (AvgIpc) is 3.20. The molecular weight excluding hydrogens is 310 g/mol. The van der Waals surface area contributed by atoms with Gasteiger partial charge in [-0.2, -0.15) is 0 Å². The lowest BCUT2D eigenvalue weighted by atomic mass is 10.0. The number of fused-ring (bicyclic) bond motifs is 1. The second kappa shape index (κ2) is 7.02. The van der Waals surface area contributed by atoms with Gasteiger partial charge in [0, 0.05) is 30.7 Å². The predicted molar refractivity (Wildman–Crippen MR) is 92.9 cm³/mol. The Morgan fingerprint density at radius 2 is 2.26 bits per heavy atom. The Hall–Kier alpha value is -2.05. The third kappa shape index (κ3) is 3.83. The summed E-state index contributed by atoms with van der Waals surface area (Å²) >= 11 is 1.60. The van der Waals surface area contributed by atoms with Crippen LogP contribution in [-0.2, 0) is 13.0 Å². The molecule has 3 N–H and O–H groups in total. The maximum Gasteiger partial charge on any atom is 0.315 e. The number of hydrogen-bond donors (Lipinski definition) is 3. The molecule has 0 bridgehead atoms. The zero-order chi connectivity index (χ0) is 16.2. The van der Waals surface area contributed by atoms with Gasteiger partial charge in [-0.1, -0.05) is 18.2 Å². The van der Waals surface area contributed by atoms with E-state index in [9.17, 15) is 9.90 Å². The Labute approximate surface area is 139 Å². The van der Waals surface area contributed by atoms with Gasteiger partial charge in [0.2, 0.25) is 0 Å². The van der Waals surface area contributed by atoms with E-state index in [1.165, 1.54) is 11.3 Å². The molecule has 0 spiro atoms. The summed E-state index contributed by atoms with van der Waals surface area (Å²) in [6, 6.07) is 9.66. The number of hydrogen-bond acceptors (Lipinski definition) is 4. The fourth-order valence-corrected chi connectivity index (χ4v) is 3.39. The van der Waals surface area contributed by atoms with Crippen LogP contribution in [0.25, 0.3) is 0 Å². The molecule has 0 fully saturated rings. The van der Waals surface area contributed by atoms with Crippen LogP contribution in [0.2, 0.25) is 0 Å². The highest BCUT2D eigenvalue weighted by Crippen LogP contribution is 2.29. The van der Waals surface area contributed by atoms with Crippen molar-refractivity contribution in [1.29, 1.82) is 0 Å². The van der Waals surface area contributed by atoms with Crippen molar-refractivity contribution in [2.45, 2.75) is 19.1 Å². The van der Waals surface area contributed by atoms with Gasteiger partial charge >= 0.3 is 6.03 Å². The number of urea groups is 1. The molecule has 122 valence electrons. The predicted octanol–water partition coefficient (Wildman–Crippen LogP) is 2.27. The molecule has 0 aliphatic carbocycles. The molecule has 1 aromatic carbocycles. The van der Waals surface area contributed by atoms with Crippen LogP contribution in [0.4, 0.5) is 10.5 Å². The molecule has 2 aromatic rings. The molecule has 6 heteroatoms. The number of thiophene rings is 1. The zero-order valence-electron chi connectivity index (χ0n) is 13.1. The summed E-state index contributed by atoms with van der Waals surface area (Å²) in [6.07, 6.45) is 0.305. The van der Waals surface area contributed by atoms with E-state index < -0.39 is 6.10 Å². The van der Waals surface area contributed by atoms with E-state index in [0.29, 0.717) is 6.54 Å². The van der Waals surface area contributed by atoms with Crippen LogP contribution in [0.5, 0.6) is 0 Å². The smallest absolute Gasteiger partial charge is 0.315 e. The van der Waals surface area contributed by atoms with E-state index in [4.69, 9.17) is 0 Å². The number of aliphatic hydroxyl groups excluding tert-OH is 1. The number of carbonyl (C=O) groups is 1. The molecule has 0 radical (unpaired) electrons. The highest BCUT2D eigenvalue weighted by molar-refractivity contribution is 7.09. The van der Waals surface area contributed by atoms with E-state index in [0.717, 1.165) is 23.4 Å². The first kappa shape index (κ1) is 15.8. The molecule has 0 saturated carbocycles. The number of anilines is 1. The number of likely N-dealkylation sites (N-methyl/N-ethyl adjacent to an activating group) is 1. The number of rotatable bonds is 5. The van der Waals surface area contributed by atoms with Crippen molar-refractivity contribution in [1.82, 2.24) is 10.6 Å². The van der Waals surface area contributed by atoms with Crippen LogP contribution in [0.3, 0.4) is 0 Å². The van der Waals surface area contributed by atoms with E-state index in [2.05, 4.69) is 22.6 Å². The maximum absolute atomic E-state index is 11.8. The van der Waals surface area contributed by atoms with Crippen molar-refractivity contribution < 1.29 is 9.90 Å². The number of benzene rings is 1. The Morgan fingerprint density at radius 3 is 3.04 bits per heavy atom. The third-order valence-corrected chi connectivity index (χ3v) is 4.95. The highest BCUT2D eigenvalue weighted by atomic mass is 32.1. The van der Waals surface area contributed by atoms with Gasteiger partial charge < -0.3 is 20.6 Å². The van der Waals surface area contributed by atoms with Gasteiger partial charge in [-0.05, 0) is 35.1 Å². The average molecular weight is 331 g/mol. The number of aliphatic hydroxyl groups is 1. The van der Waals surface area contributed by atoms with Crippen LogP contribution < -0.4 is 15.5 Å². The molecule has 23 heavy (non-hydrogen) atoms. The molecule has 2 amide bonds. The number of carbonyl (C=O) groups excluding carboxylic acids is 1. The fourth-order valence-electron chi connectivity index (χ4n) is 2.74. The number of amides is 2. The monoisotopic (exact) mass is 331 g/mol. The van der Waals surface area contributed by atoms with Gasteiger partial charge in [-0.15, -0.1) is 11.3 Å². The summed E-state index contributed by atoms with van der Waals surface area (Å²) in [5.41, 5.74) is 3.33. The molecule has 1 atom stereocenters. The SMILES string of the molecule is CN1CCc2cc(C(O)CNC(=O)NCc3cccs3)ccc21. The Morgan fingerprint density at radius 1 is 1.39 bits per heavy atom. The Bertz CT molecular complexity index is 672. The van der Waals surface area contributed by atoms with Crippen LogP contribution in [0, 0.1) is 0 Å². The summed E-state index contributed by atoms with van der Waals surface area (Å²) in [7, 11) is 2.07. The van der Waals surface area contributed by atoms with Gasteiger partial charge in [-0.3, -0.25) is 0 Å². The van der Waals surface area contributed by atoms with Crippen LogP contribution in [0.15, 0.2) is 35.7 Å². The number of nitrogens with one attached hydrogen (secondary N) is 2. The first-order valence-electron chi connectivity index (χ1n) is 7.69. The largest absolute Gasteiger partial charge is 0.387 e. The van der Waals surface area contributed by atoms with Crippen molar-refractivity contribution in [2.24, 2.45) is 0 Å². The summed E-state index contributed by atoms with van der Waals surface area (Å²) in [5.74, 6) is 0. The van der Waals surface area contributed by atoms with Gasteiger partial charge in [0.25, 0.3) is 0 Å². The van der Waals surface area contributed by atoms with Crippen molar-refractivity contribution >= 4 is 23.1 Å². The second-order valence-corrected chi connectivity index (χ2v) is 6.75. The third-order valence-electron chi connectivity index (χ3n) is 4.08. The lowest BCUT2D eigenvalue weighted by Gasteiger charge is -2.15. The normalized spacial score (nSPS) is 14.4. The van der Waals surface area contributed by atoms with Gasteiger partial charge in [-0.25, -0.2) is 4.79 Å². The quantitative estimate of drug-likeness (QED) is 0.787. The van der Waals surface area contributed by atoms with E-state index >= 15 is 0 Å². The second-order valence-electron chi connectivity index (χ2n) is 5.72. The standard InChI is InChI=1S/C17H21N3O2S/c1-20-7-6-12-9-13(4-5-15(12)20)16(21)11-19-17(22)18-10-14-3-2-8-23-14/h2-5,8-9,16,21H,6-7,10-11H2,1H3,(H2,18,19,22). The first-order valence-corrected chi connectivity index (χ1v) is 8.57. The molecule has 5 nitrogen and oxygen atoms in total. The minimum Gasteiger partial charge on any atom is -0.387 e. The lowest BCUT2D eigenvalue weighted by molar-refractivity contribution is 0.173. The van der Waals surface area contributed by atoms with Gasteiger partial charge in [0.15, 0.2) is 0 Å². The topological polar surface area (TPSA) is 64.6 Å². The van der Waals surface area contributed by atoms with Crippen LogP contribution in [0.1, 0.15) is 22.1 Å². The maximum atomic E-state index is 11.8. The van der Waals surface area contributed by atoms with Crippen LogP contribution in [-0.4, -0.2) is 31.3 Å². The Kier molecular flexibility index (Phi) is 4.83. The first-order chi connectivity index (χ1) is 11.1. The van der Waals surface area contributed by atoms with Crippen molar-refractivity contribution in [3.05, 3.63) is 51.7 Å². The van der Waals surface area contributed by atoms with E-state index in [1.54, 1.807) is 11.3 Å². The van der Waals surface area contributed by atoms with Crippen molar-refractivity contribution in [3.8, 4) is 0 Å². The Balaban J connectivity index is 1.49. The summed E-state index contributed by atoms with van der Waals surface area (Å²) in [4.78, 5) is 15.1. The summed E-state index contributed by atoms with van der Waals surface area (Å²) in [5, 5.41) is 17.7. The molecule has 1 aliphatic heterocycles. The molecule has 2 heterocycles. The molecule has 1 aromatic heterocycles. The molecule has 1 aliphatic rings. The molecule has 3 rings (SSSR count). The van der Waals surface area contributed by atoms with Gasteiger partial charge in [0.05, 0.1) is 12.6 Å². The van der Waals surface area contributed by atoms with E-state index in [1.807, 2.05) is 35.7 Å². The summed E-state index contributed by atoms with van der Waals surface area (Å²) in [6.45, 7) is 1.72. The number of nitrogens with zero attached hydrogens (tertiary/aromatic N) is 1. The minimum absolute atomic E-state index is 0.199. The van der Waals surface area contributed by atoms with Crippen molar-refractivity contribution in [3.63, 3.8) is 0 Å². The van der Waals surface area contributed by atoms with Crippen molar-refractivity contribution in [2.75, 3.05) is 25.0 Å².